The second-order valence-electron chi connectivity index (χ2n) is 7.09. The number of urea groups is 1. The van der Waals surface area contributed by atoms with Gasteiger partial charge in [-0.2, -0.15) is 18.3 Å². The summed E-state index contributed by atoms with van der Waals surface area (Å²) in [5, 5.41) is 11.7. The van der Waals surface area contributed by atoms with Crippen LogP contribution in [0.3, 0.4) is 0 Å². The van der Waals surface area contributed by atoms with Crippen molar-refractivity contribution in [2.75, 3.05) is 5.32 Å². The summed E-state index contributed by atoms with van der Waals surface area (Å²) in [6.07, 6.45) is -4.62. The summed E-state index contributed by atoms with van der Waals surface area (Å²) in [7, 11) is 0. The number of aryl methyl sites for hydroxylation is 1. The molecule has 1 fully saturated rings. The number of anilines is 1. The number of aromatic nitrogens is 3. The second-order valence-corrected chi connectivity index (χ2v) is 7.09. The lowest BCUT2D eigenvalue weighted by Crippen LogP contribution is -2.64. The van der Waals surface area contributed by atoms with Crippen LogP contribution >= 0.6 is 0 Å². The van der Waals surface area contributed by atoms with E-state index in [4.69, 9.17) is 0 Å². The molecule has 1 aromatic carbocycles. The zero-order valence-electron chi connectivity index (χ0n) is 16.3. The van der Waals surface area contributed by atoms with E-state index in [-0.39, 0.29) is 35.1 Å². The van der Waals surface area contributed by atoms with Crippen LogP contribution in [0.5, 0.6) is 0 Å². The number of benzene rings is 1. The molecule has 3 unspecified atom stereocenters. The van der Waals surface area contributed by atoms with Gasteiger partial charge in [-0.25, -0.2) is 9.78 Å². The maximum absolute atomic E-state index is 13.4. The molecule has 0 radical (unpaired) electrons. The van der Waals surface area contributed by atoms with Gasteiger partial charge in [-0.05, 0) is 45.9 Å². The standard InChI is InChI=1S/C18H21F3N6O2/c1-8-9(2)27(10(3)16(28)22-8)17(29)24-14-6-12(15-23-11(4)25-26-15)5-13(7-14)18(19,20)21/h5-10H,1-4H3,(H,22,28)(H,24,29)(H,23,25,26). The van der Waals surface area contributed by atoms with Gasteiger partial charge in [0.15, 0.2) is 5.82 Å². The number of hydrogen-bond donors (Lipinski definition) is 3. The summed E-state index contributed by atoms with van der Waals surface area (Å²) < 4.78 is 40.1. The predicted octanol–water partition coefficient (Wildman–Crippen LogP) is 2.93. The molecule has 3 rings (SSSR count). The van der Waals surface area contributed by atoms with Crippen LogP contribution < -0.4 is 10.6 Å². The van der Waals surface area contributed by atoms with Crippen molar-refractivity contribution in [1.82, 2.24) is 25.4 Å². The fourth-order valence-electron chi connectivity index (χ4n) is 3.20. The number of rotatable bonds is 2. The van der Waals surface area contributed by atoms with Gasteiger partial charge >= 0.3 is 12.2 Å². The van der Waals surface area contributed by atoms with Crippen LogP contribution in [0.1, 0.15) is 32.2 Å². The quantitative estimate of drug-likeness (QED) is 0.708. The maximum atomic E-state index is 13.4. The molecule has 8 nitrogen and oxygen atoms in total. The average molecular weight is 410 g/mol. The Hall–Kier alpha value is -3.11. The Morgan fingerprint density at radius 3 is 2.48 bits per heavy atom. The number of carbonyl (C=O) groups excluding carboxylic acids is 2. The third kappa shape index (κ3) is 4.17. The van der Waals surface area contributed by atoms with Gasteiger partial charge in [-0.1, -0.05) is 0 Å². The van der Waals surface area contributed by atoms with E-state index in [0.29, 0.717) is 5.82 Å². The molecule has 3 atom stereocenters. The minimum atomic E-state index is -4.62. The molecule has 11 heteroatoms. The average Bonchev–Trinajstić information content (AvgIpc) is 3.06. The summed E-state index contributed by atoms with van der Waals surface area (Å²) in [6.45, 7) is 6.69. The molecule has 3 amide bonds. The fourth-order valence-corrected chi connectivity index (χ4v) is 3.20. The minimum absolute atomic E-state index is 0.0692. The lowest BCUT2D eigenvalue weighted by molar-refractivity contribution is -0.137. The zero-order chi connectivity index (χ0) is 21.5. The summed E-state index contributed by atoms with van der Waals surface area (Å²) in [4.78, 5) is 30.2. The summed E-state index contributed by atoms with van der Waals surface area (Å²) >= 11 is 0. The van der Waals surface area contributed by atoms with Crippen LogP contribution in [0.4, 0.5) is 23.7 Å². The predicted molar refractivity (Wildman–Crippen MR) is 98.9 cm³/mol. The summed E-state index contributed by atoms with van der Waals surface area (Å²) in [6, 6.07) is 1.05. The monoisotopic (exact) mass is 410 g/mol. The molecule has 1 aromatic heterocycles. The third-order valence-corrected chi connectivity index (χ3v) is 4.93. The largest absolute Gasteiger partial charge is 0.416 e. The maximum Gasteiger partial charge on any atom is 0.416 e. The highest BCUT2D eigenvalue weighted by molar-refractivity contribution is 5.95. The van der Waals surface area contributed by atoms with Crippen molar-refractivity contribution in [3.63, 3.8) is 0 Å². The van der Waals surface area contributed by atoms with E-state index in [1.54, 1.807) is 27.7 Å². The number of aromatic amines is 1. The van der Waals surface area contributed by atoms with Crippen molar-refractivity contribution >= 4 is 17.6 Å². The van der Waals surface area contributed by atoms with Gasteiger partial charge in [0.2, 0.25) is 5.91 Å². The number of hydrogen-bond acceptors (Lipinski definition) is 4. The molecule has 29 heavy (non-hydrogen) atoms. The first-order chi connectivity index (χ1) is 13.5. The summed E-state index contributed by atoms with van der Waals surface area (Å²) in [5.41, 5.74) is -0.913. The van der Waals surface area contributed by atoms with Crippen molar-refractivity contribution in [2.24, 2.45) is 0 Å². The zero-order valence-corrected chi connectivity index (χ0v) is 16.3. The van der Waals surface area contributed by atoms with Gasteiger partial charge in [-0.15, -0.1) is 0 Å². The third-order valence-electron chi connectivity index (χ3n) is 4.93. The topological polar surface area (TPSA) is 103 Å². The number of piperazine rings is 1. The number of amides is 3. The molecule has 3 N–H and O–H groups in total. The first-order valence-electron chi connectivity index (χ1n) is 8.98. The summed E-state index contributed by atoms with van der Waals surface area (Å²) in [5.74, 6) is 0.197. The first kappa shape index (κ1) is 20.6. The van der Waals surface area contributed by atoms with Crippen LogP contribution in [-0.4, -0.2) is 50.1 Å². The molecule has 1 aliphatic rings. The van der Waals surface area contributed by atoms with Crippen molar-refractivity contribution in [1.29, 1.82) is 0 Å². The van der Waals surface area contributed by atoms with E-state index < -0.39 is 23.8 Å². The highest BCUT2D eigenvalue weighted by atomic mass is 19.4. The highest BCUT2D eigenvalue weighted by Gasteiger charge is 2.38. The van der Waals surface area contributed by atoms with Crippen LogP contribution in [0.2, 0.25) is 0 Å². The molecule has 0 bridgehead atoms. The van der Waals surface area contributed by atoms with E-state index in [9.17, 15) is 22.8 Å². The molecule has 156 valence electrons. The Morgan fingerprint density at radius 2 is 1.90 bits per heavy atom. The van der Waals surface area contributed by atoms with Gasteiger partial charge in [0.25, 0.3) is 0 Å². The lowest BCUT2D eigenvalue weighted by Gasteiger charge is -2.42. The Labute approximate surface area is 164 Å². The Morgan fingerprint density at radius 1 is 1.21 bits per heavy atom. The van der Waals surface area contributed by atoms with Gasteiger partial charge in [0, 0.05) is 17.3 Å². The van der Waals surface area contributed by atoms with E-state index in [0.717, 1.165) is 12.1 Å². The van der Waals surface area contributed by atoms with Gasteiger partial charge < -0.3 is 15.5 Å². The second kappa shape index (κ2) is 7.37. The van der Waals surface area contributed by atoms with E-state index >= 15 is 0 Å². The SMILES string of the molecule is Cc1nc(-c2cc(NC(=O)N3C(C)C(=O)NC(C)C3C)cc(C(F)(F)F)c2)n[nH]1. The smallest absolute Gasteiger partial charge is 0.350 e. The first-order valence-corrected chi connectivity index (χ1v) is 8.98. The van der Waals surface area contributed by atoms with E-state index in [2.05, 4.69) is 25.8 Å². The van der Waals surface area contributed by atoms with Crippen molar-refractivity contribution in [3.05, 3.63) is 29.6 Å². The normalized spacial score (nSPS) is 22.4. The number of carbonyl (C=O) groups is 2. The number of nitrogens with one attached hydrogen (secondary N) is 3. The lowest BCUT2D eigenvalue weighted by atomic mass is 10.0. The molecule has 1 saturated heterocycles. The minimum Gasteiger partial charge on any atom is -0.350 e. The number of alkyl halides is 3. The van der Waals surface area contributed by atoms with Gasteiger partial charge in [0.1, 0.15) is 11.9 Å². The highest BCUT2D eigenvalue weighted by Crippen LogP contribution is 2.34. The Kier molecular flexibility index (Phi) is 5.24. The molecule has 0 spiro atoms. The van der Waals surface area contributed by atoms with Crippen molar-refractivity contribution in [2.45, 2.75) is 52.0 Å². The van der Waals surface area contributed by atoms with E-state index in [1.807, 2.05) is 0 Å². The van der Waals surface area contributed by atoms with Gasteiger partial charge in [-0.3, -0.25) is 9.89 Å². The van der Waals surface area contributed by atoms with Crippen molar-refractivity contribution < 1.29 is 22.8 Å². The molecule has 1 aliphatic heterocycles. The van der Waals surface area contributed by atoms with E-state index in [1.165, 1.54) is 11.0 Å². The Balaban J connectivity index is 1.95. The van der Waals surface area contributed by atoms with Crippen LogP contribution in [-0.2, 0) is 11.0 Å². The molecule has 2 heterocycles. The number of H-pyrrole nitrogens is 1. The van der Waals surface area contributed by atoms with Crippen LogP contribution in [0, 0.1) is 6.92 Å². The molecule has 2 aromatic rings. The molecular weight excluding hydrogens is 389 g/mol. The van der Waals surface area contributed by atoms with Gasteiger partial charge in [0.05, 0.1) is 11.6 Å². The molecule has 0 aliphatic carbocycles. The molecule has 0 saturated carbocycles. The number of nitrogens with zero attached hydrogens (tertiary/aromatic N) is 3. The fraction of sp³-hybridized carbons (Fsp3) is 0.444. The van der Waals surface area contributed by atoms with Crippen LogP contribution in [0.25, 0.3) is 11.4 Å². The Bertz CT molecular complexity index is 942. The number of halogens is 3. The van der Waals surface area contributed by atoms with Crippen molar-refractivity contribution in [3.8, 4) is 11.4 Å². The molecular formula is C18H21F3N6O2. The van der Waals surface area contributed by atoms with Crippen LogP contribution in [0.15, 0.2) is 18.2 Å².